The van der Waals surface area contributed by atoms with E-state index in [-0.39, 0.29) is 41.7 Å². The lowest BCUT2D eigenvalue weighted by atomic mass is 9.76. The van der Waals surface area contributed by atoms with E-state index in [1.54, 1.807) is 0 Å². The molecule has 2 aliphatic carbocycles. The van der Waals surface area contributed by atoms with Gasteiger partial charge in [-0.3, -0.25) is 30.5 Å². The molecule has 4 aliphatic rings. The van der Waals surface area contributed by atoms with Crippen molar-refractivity contribution in [2.75, 3.05) is 13.1 Å². The topological polar surface area (TPSA) is 116 Å². The molecule has 0 radical (unpaired) electrons. The lowest BCUT2D eigenvalue weighted by molar-refractivity contribution is -0.134. The summed E-state index contributed by atoms with van der Waals surface area (Å²) in [4.78, 5) is 30.3. The SMILES string of the molecule is CC(C)(CNC(=O)CCC1NC(C2CCCCC2)NO1)CNC1NNC(=O)C2CCCCC12. The van der Waals surface area contributed by atoms with E-state index in [1.165, 1.54) is 38.5 Å². The summed E-state index contributed by atoms with van der Waals surface area (Å²) in [5, 5.41) is 10.2. The van der Waals surface area contributed by atoms with Crippen molar-refractivity contribution in [3.05, 3.63) is 0 Å². The molecule has 2 saturated carbocycles. The minimum Gasteiger partial charge on any atom is -0.356 e. The first kappa shape index (κ1) is 24.9. The van der Waals surface area contributed by atoms with Crippen LogP contribution in [0.4, 0.5) is 0 Å². The number of amides is 2. The highest BCUT2D eigenvalue weighted by atomic mass is 16.7. The van der Waals surface area contributed by atoms with Gasteiger partial charge in [0.25, 0.3) is 0 Å². The Bertz CT molecular complexity index is 669. The summed E-state index contributed by atoms with van der Waals surface area (Å²) in [6.45, 7) is 5.67. The third-order valence-corrected chi connectivity index (χ3v) is 7.96. The van der Waals surface area contributed by atoms with E-state index < -0.39 is 0 Å². The molecule has 188 valence electrons. The summed E-state index contributed by atoms with van der Waals surface area (Å²) in [5.74, 6) is 1.26. The van der Waals surface area contributed by atoms with Gasteiger partial charge in [0.15, 0.2) is 0 Å². The lowest BCUT2D eigenvalue weighted by Crippen LogP contribution is -2.65. The van der Waals surface area contributed by atoms with Gasteiger partial charge in [-0.1, -0.05) is 46.0 Å². The Morgan fingerprint density at radius 3 is 2.64 bits per heavy atom. The minimum atomic E-state index is -0.103. The van der Waals surface area contributed by atoms with Crippen LogP contribution >= 0.6 is 0 Å². The van der Waals surface area contributed by atoms with E-state index in [0.29, 0.717) is 31.2 Å². The summed E-state index contributed by atoms with van der Waals surface area (Å²) < 4.78 is 0. The molecule has 5 atom stereocenters. The van der Waals surface area contributed by atoms with Crippen molar-refractivity contribution in [1.82, 2.24) is 32.3 Å². The molecule has 9 nitrogen and oxygen atoms in total. The van der Waals surface area contributed by atoms with Crippen LogP contribution in [0.1, 0.15) is 84.5 Å². The molecular weight excluding hydrogens is 420 g/mol. The molecule has 6 N–H and O–H groups in total. The Labute approximate surface area is 198 Å². The minimum absolute atomic E-state index is 0.0602. The zero-order valence-electron chi connectivity index (χ0n) is 20.4. The summed E-state index contributed by atoms with van der Waals surface area (Å²) in [5.41, 5.74) is 9.05. The van der Waals surface area contributed by atoms with Gasteiger partial charge in [-0.25, -0.2) is 5.43 Å². The van der Waals surface area contributed by atoms with E-state index in [9.17, 15) is 9.59 Å². The Morgan fingerprint density at radius 2 is 1.82 bits per heavy atom. The van der Waals surface area contributed by atoms with Crippen LogP contribution in [-0.4, -0.2) is 43.5 Å². The number of nitrogens with one attached hydrogen (secondary N) is 6. The molecule has 9 heteroatoms. The molecule has 2 saturated heterocycles. The fourth-order valence-corrected chi connectivity index (χ4v) is 5.84. The number of rotatable bonds is 9. The van der Waals surface area contributed by atoms with Gasteiger partial charge in [-0.2, -0.15) is 5.48 Å². The van der Waals surface area contributed by atoms with E-state index in [0.717, 1.165) is 25.8 Å². The predicted octanol–water partition coefficient (Wildman–Crippen LogP) is 1.62. The molecule has 2 aliphatic heterocycles. The largest absolute Gasteiger partial charge is 0.356 e. The number of carbonyl (C=O) groups is 2. The zero-order valence-corrected chi connectivity index (χ0v) is 20.4. The third-order valence-electron chi connectivity index (χ3n) is 7.96. The van der Waals surface area contributed by atoms with Crippen LogP contribution in [0.5, 0.6) is 0 Å². The summed E-state index contributed by atoms with van der Waals surface area (Å²) in [6, 6.07) is 0. The van der Waals surface area contributed by atoms with Crippen LogP contribution in [0, 0.1) is 23.2 Å². The Morgan fingerprint density at radius 1 is 1.06 bits per heavy atom. The van der Waals surface area contributed by atoms with E-state index in [1.807, 2.05) is 0 Å². The van der Waals surface area contributed by atoms with Gasteiger partial charge in [0, 0.05) is 31.3 Å². The van der Waals surface area contributed by atoms with Gasteiger partial charge in [0.1, 0.15) is 6.23 Å². The molecule has 0 aromatic rings. The van der Waals surface area contributed by atoms with Crippen LogP contribution in [0.25, 0.3) is 0 Å². The summed E-state index contributed by atoms with van der Waals surface area (Å²) in [6.07, 6.45) is 12.1. The van der Waals surface area contributed by atoms with Crippen LogP contribution in [0.3, 0.4) is 0 Å². The van der Waals surface area contributed by atoms with Gasteiger partial charge in [0.2, 0.25) is 11.8 Å². The first-order valence-electron chi connectivity index (χ1n) is 13.1. The normalized spacial score (nSPS) is 33.4. The summed E-state index contributed by atoms with van der Waals surface area (Å²) >= 11 is 0. The Hall–Kier alpha value is -1.26. The lowest BCUT2D eigenvalue weighted by Gasteiger charge is -2.42. The number of hydroxylamine groups is 1. The second kappa shape index (κ2) is 11.4. The fraction of sp³-hybridized carbons (Fsp3) is 0.917. The third kappa shape index (κ3) is 6.88. The quantitative estimate of drug-likeness (QED) is 0.307. The molecule has 2 amide bonds. The molecule has 0 spiro atoms. The number of carbonyl (C=O) groups excluding carboxylic acids is 2. The van der Waals surface area contributed by atoms with Crippen molar-refractivity contribution in [2.24, 2.45) is 23.2 Å². The second-order valence-electron chi connectivity index (χ2n) is 11.3. The monoisotopic (exact) mass is 464 g/mol. The Balaban J connectivity index is 1.13. The maximum absolute atomic E-state index is 12.5. The average molecular weight is 465 g/mol. The maximum atomic E-state index is 12.5. The standard InChI is InChI=1S/C24H44N6O3/c1-24(2,15-26-22-17-10-6-7-11-18(17)23(32)29-28-22)14-25-19(31)12-13-20-27-21(30-33-20)16-8-4-3-5-9-16/h16-18,20-22,26-28,30H,3-15H2,1-2H3,(H,25,31)(H,29,32). The molecule has 2 heterocycles. The van der Waals surface area contributed by atoms with Crippen molar-refractivity contribution in [3.63, 3.8) is 0 Å². The maximum Gasteiger partial charge on any atom is 0.237 e. The summed E-state index contributed by atoms with van der Waals surface area (Å²) in [7, 11) is 0. The van der Waals surface area contributed by atoms with Gasteiger partial charge in [-0.05, 0) is 43.4 Å². The van der Waals surface area contributed by atoms with Crippen molar-refractivity contribution >= 4 is 11.8 Å². The van der Waals surface area contributed by atoms with Gasteiger partial charge in [0.05, 0.1) is 12.3 Å². The van der Waals surface area contributed by atoms with E-state index >= 15 is 0 Å². The van der Waals surface area contributed by atoms with Gasteiger partial charge >= 0.3 is 0 Å². The van der Waals surface area contributed by atoms with Crippen molar-refractivity contribution < 1.29 is 14.4 Å². The molecule has 4 fully saturated rings. The number of hydrogen-bond donors (Lipinski definition) is 6. The van der Waals surface area contributed by atoms with Gasteiger partial charge in [-0.15, -0.1) is 0 Å². The number of hydrogen-bond acceptors (Lipinski definition) is 7. The van der Waals surface area contributed by atoms with Crippen LogP contribution in [0.15, 0.2) is 0 Å². The molecule has 0 bridgehead atoms. The van der Waals surface area contributed by atoms with Crippen LogP contribution in [0.2, 0.25) is 0 Å². The smallest absolute Gasteiger partial charge is 0.237 e. The number of fused-ring (bicyclic) bond motifs is 1. The second-order valence-corrected chi connectivity index (χ2v) is 11.3. The number of hydrazine groups is 1. The van der Waals surface area contributed by atoms with Crippen molar-refractivity contribution in [2.45, 2.75) is 103 Å². The molecular formula is C24H44N6O3. The van der Waals surface area contributed by atoms with E-state index in [2.05, 4.69) is 46.1 Å². The predicted molar refractivity (Wildman–Crippen MR) is 126 cm³/mol. The average Bonchev–Trinajstić information content (AvgIpc) is 3.31. The molecule has 4 rings (SSSR count). The van der Waals surface area contributed by atoms with Gasteiger partial charge < -0.3 is 5.32 Å². The van der Waals surface area contributed by atoms with E-state index in [4.69, 9.17) is 4.84 Å². The molecule has 0 aromatic heterocycles. The highest BCUT2D eigenvalue weighted by Gasteiger charge is 2.40. The molecule has 0 aromatic carbocycles. The molecule has 33 heavy (non-hydrogen) atoms. The zero-order chi connectivity index (χ0) is 23.3. The molecule has 5 unspecified atom stereocenters. The highest BCUT2D eigenvalue weighted by molar-refractivity contribution is 5.79. The van der Waals surface area contributed by atoms with Crippen LogP contribution in [-0.2, 0) is 14.4 Å². The van der Waals surface area contributed by atoms with Crippen LogP contribution < -0.4 is 32.3 Å². The van der Waals surface area contributed by atoms with Crippen molar-refractivity contribution in [1.29, 1.82) is 0 Å². The first-order valence-corrected chi connectivity index (χ1v) is 13.1. The highest BCUT2D eigenvalue weighted by Crippen LogP contribution is 2.33. The Kier molecular flexibility index (Phi) is 8.62. The first-order chi connectivity index (χ1) is 15.9. The fourth-order valence-electron chi connectivity index (χ4n) is 5.84. The van der Waals surface area contributed by atoms with Crippen molar-refractivity contribution in [3.8, 4) is 0 Å².